The van der Waals surface area contributed by atoms with E-state index >= 15 is 0 Å². The summed E-state index contributed by atoms with van der Waals surface area (Å²) in [5.74, 6) is 10.8. The molecule has 17 aliphatic carbocycles. The third-order valence-corrected chi connectivity index (χ3v) is 37.9. The number of carbonyl (C=O) groups is 6. The highest BCUT2D eigenvalue weighted by Crippen LogP contribution is 2.62. The van der Waals surface area contributed by atoms with Crippen LogP contribution in [0.2, 0.25) is 5.15 Å². The summed E-state index contributed by atoms with van der Waals surface area (Å²) < 4.78 is 39.9. The summed E-state index contributed by atoms with van der Waals surface area (Å²) in [6.07, 6.45) is 31.8. The predicted octanol–water partition coefficient (Wildman–Crippen LogP) is 21.1. The Morgan fingerprint density at radius 1 is 0.374 bits per heavy atom. The lowest BCUT2D eigenvalue weighted by Gasteiger charge is -2.54. The molecule has 2 aliphatic heterocycles. The van der Waals surface area contributed by atoms with Crippen molar-refractivity contribution in [3.05, 3.63) is 123 Å². The number of nitrogens with zero attached hydrogens (tertiary/aromatic N) is 8. The van der Waals surface area contributed by atoms with Gasteiger partial charge in [0.1, 0.15) is 57.5 Å². The summed E-state index contributed by atoms with van der Waals surface area (Å²) in [6.45, 7) is 28.6. The number of Topliss-reactive ketones (excluding diaryl/α,β-unsaturated/α-hetero) is 5. The molecule has 766 valence electrons. The summed E-state index contributed by atoms with van der Waals surface area (Å²) >= 11 is 6.46. The fraction of sp³-hybridized carbons (Fsp3) is 0.750. The third kappa shape index (κ3) is 18.9. The Bertz CT molecular complexity index is 5600. The van der Waals surface area contributed by atoms with Crippen LogP contribution in [0.1, 0.15) is 422 Å². The molecule has 2 spiro atoms. The second-order valence-corrected chi connectivity index (χ2v) is 45.5. The lowest BCUT2D eigenvalue weighted by Crippen LogP contribution is -2.58. The highest BCUT2D eigenvalue weighted by atomic mass is 35.5. The van der Waals surface area contributed by atoms with Gasteiger partial charge in [-0.1, -0.05) is 139 Å². The molecule has 5 aromatic heterocycles. The van der Waals surface area contributed by atoms with Crippen LogP contribution < -0.4 is 20.6 Å². The monoisotopic (exact) mass is 1940 g/mol. The number of halogens is 1. The van der Waals surface area contributed by atoms with Crippen LogP contribution in [0, 0.1) is 82.3 Å². The van der Waals surface area contributed by atoms with Crippen molar-refractivity contribution in [1.82, 2.24) is 49.8 Å². The van der Waals surface area contributed by atoms with Crippen molar-refractivity contribution >= 4 is 46.5 Å². The van der Waals surface area contributed by atoms with Crippen molar-refractivity contribution in [3.8, 4) is 11.8 Å². The molecule has 139 heavy (non-hydrogen) atoms. The zero-order chi connectivity index (χ0) is 93.9. The first-order valence-electron chi connectivity index (χ1n) is 50.9. The molecule has 19 aliphatic rings. The second-order valence-electron chi connectivity index (χ2n) is 45.2. The van der Waals surface area contributed by atoms with E-state index in [-0.39, 0.29) is 142 Å². The Kier molecular flexibility index (Phi) is 31.9. The number of H-pyrrole nitrogens is 2. The van der Waals surface area contributed by atoms with Crippen molar-refractivity contribution in [1.29, 1.82) is 0 Å². The number of nitrogens with one attached hydrogen (secondary N) is 2. The molecule has 26 nitrogen and oxygen atoms in total. The molecule has 12 saturated carbocycles. The van der Waals surface area contributed by atoms with Gasteiger partial charge in [0.25, 0.3) is 11.1 Å². The molecule has 2 saturated heterocycles. The highest BCUT2D eigenvalue weighted by molar-refractivity contribution is 6.30. The third-order valence-electron chi connectivity index (χ3n) is 37.6. The van der Waals surface area contributed by atoms with Crippen LogP contribution in [0.5, 0.6) is 11.8 Å². The number of hydrogen-bond acceptors (Lipinski definition) is 24. The molecular formula is C112H165ClN10O16. The van der Waals surface area contributed by atoms with Crippen LogP contribution >= 0.6 is 11.6 Å². The largest absolute Gasteiger partial charge is 0.515 e. The minimum absolute atomic E-state index is 0. The molecule has 0 aromatic carbocycles. The smallest absolute Gasteiger partial charge is 0.316 e. The maximum atomic E-state index is 12.8. The Labute approximate surface area is 831 Å². The number of hydrogen-bond donors (Lipinski definition) is 3. The van der Waals surface area contributed by atoms with E-state index < -0.39 is 22.9 Å². The maximum Gasteiger partial charge on any atom is 0.316 e. The standard InChI is InChI=1S/C19H26N2O3.C19H24N2O3.C18H24N2O2.C17H21ClN2O.C17H22N2O2.C16H24O5.6CH4/c1-11-14-6-5-13-15(20-16(12-3-4-12)21-17(13)22)18(14,2)7-8-19(11)23-9-10-24-19;1-10-14-7-6-13-16(19(14,2)8-12(9-22)15(10)23)20-17(11-4-5-11)21-18(13)24-3;1-10-13-7-6-12-15(18(13,2)9-8-14(10)21)19-16(11-4-5-11)20-17(12)22-3;1-9-12-6-5-11-14(17(12,2)8-7-13(9)21)19-16(10-3-4-10)20-15(11)18;1-9-12-6-5-11-14(17(12,2)8-7-13(9)20)18-15(10-3-4-10)19-16(11)21;1-10-12-5-4-11(14(18)19-3)13(17)15(12,2)6-7-16(10)20-8-9-21-16;;;;;;/h11-12,14H,3-10H2,1-2H3,(H,20,21,22);9-11,14,22H,4-8H2,1-3H3;10-11,13H,4-9H2,1-3H3;9-10,12H,3-8H2,1-2H3;9-10,12H,3-8H2,1-2H3,(H,18,19,21);10-12H,4-9H2,1-3H3;6*1H4/b;12-9-;;;;;;;;;;/t11-,14-,18-;10-,14-,19-;10-,13-,18-;2*9-,12-,17-;10-,11?,12-,15-;;;;;;/m000000....../s1. The van der Waals surface area contributed by atoms with E-state index in [1.807, 2.05) is 13.8 Å². The van der Waals surface area contributed by atoms with Crippen LogP contribution in [0.25, 0.3) is 0 Å². The van der Waals surface area contributed by atoms with Gasteiger partial charge in [-0.2, -0.15) is 9.97 Å². The number of ketones is 5. The van der Waals surface area contributed by atoms with Gasteiger partial charge in [-0.15, -0.1) is 0 Å². The van der Waals surface area contributed by atoms with Gasteiger partial charge in [0.15, 0.2) is 23.1 Å². The zero-order valence-corrected chi connectivity index (χ0v) is 81.9. The van der Waals surface area contributed by atoms with E-state index in [0.29, 0.717) is 158 Å². The fourth-order valence-electron chi connectivity index (χ4n) is 28.5. The second kappa shape index (κ2) is 40.9. The molecule has 5 aromatic rings. The molecular weight excluding hydrogens is 1780 g/mol. The Balaban J connectivity index is 0.000000140. The number of ether oxygens (including phenoxy) is 7. The molecule has 3 N–H and O–H groups in total. The Morgan fingerprint density at radius 2 is 0.705 bits per heavy atom. The molecule has 24 rings (SSSR count). The predicted molar refractivity (Wildman–Crippen MR) is 537 cm³/mol. The molecule has 14 fully saturated rings. The number of fused-ring (bicyclic) bond motifs is 16. The van der Waals surface area contributed by atoms with Crippen LogP contribution in [0.15, 0.2) is 21.4 Å². The number of carbonyl (C=O) groups excluding carboxylic acids is 6. The van der Waals surface area contributed by atoms with Gasteiger partial charge in [-0.25, -0.2) is 29.9 Å². The summed E-state index contributed by atoms with van der Waals surface area (Å²) in [5, 5.41) is 10.2. The lowest BCUT2D eigenvalue weighted by molar-refractivity contribution is -0.244. The lowest BCUT2D eigenvalue weighted by atomic mass is 9.53. The highest BCUT2D eigenvalue weighted by Gasteiger charge is 2.64. The number of aromatic nitrogens is 10. The first-order valence-corrected chi connectivity index (χ1v) is 51.3. The number of aromatic amines is 2. The molecule has 1 unspecified atom stereocenters. The van der Waals surface area contributed by atoms with Gasteiger partial charge in [-0.3, -0.25) is 38.4 Å². The summed E-state index contributed by atoms with van der Waals surface area (Å²) in [5.41, 5.74) is 10.5. The van der Waals surface area contributed by atoms with E-state index in [1.165, 1.54) is 44.1 Å². The summed E-state index contributed by atoms with van der Waals surface area (Å²) in [7, 11) is 4.73. The van der Waals surface area contributed by atoms with Crippen LogP contribution in [0.3, 0.4) is 0 Å². The van der Waals surface area contributed by atoms with Gasteiger partial charge in [-0.05, 0) is 215 Å². The minimum Gasteiger partial charge on any atom is -0.515 e. The van der Waals surface area contributed by atoms with E-state index in [9.17, 15) is 43.5 Å². The summed E-state index contributed by atoms with van der Waals surface area (Å²) in [4.78, 5) is 143. The number of aliphatic hydroxyl groups is 1. The Hall–Kier alpha value is -7.91. The minimum atomic E-state index is -0.595. The molecule has 27 heteroatoms. The van der Waals surface area contributed by atoms with Crippen molar-refractivity contribution in [2.75, 3.05) is 47.8 Å². The normalized spacial score (nSPS) is 34.7. The van der Waals surface area contributed by atoms with E-state index in [1.54, 1.807) is 14.2 Å². The van der Waals surface area contributed by atoms with E-state index in [4.69, 9.17) is 69.7 Å². The number of aliphatic hydroxyl groups excluding tert-OH is 1. The number of esters is 1. The molecule has 0 amide bonds. The zero-order valence-electron chi connectivity index (χ0n) is 81.2. The van der Waals surface area contributed by atoms with Crippen molar-refractivity contribution < 1.29 is 67.0 Å². The first kappa shape index (κ1) is 108. The number of methoxy groups -OCH3 is 3. The number of rotatable bonds is 8. The van der Waals surface area contributed by atoms with Gasteiger partial charge < -0.3 is 48.2 Å². The topological polar surface area (TPSA) is 356 Å². The number of allylic oxidation sites excluding steroid dienone is 1. The van der Waals surface area contributed by atoms with Crippen molar-refractivity contribution in [2.24, 2.45) is 82.3 Å². The molecule has 7 heterocycles. The van der Waals surface area contributed by atoms with Gasteiger partial charge in [0, 0.05) is 163 Å². The first-order chi connectivity index (χ1) is 63.5. The average Bonchev–Trinajstić information content (AvgIpc) is 1.71. The molecule has 0 bridgehead atoms. The van der Waals surface area contributed by atoms with E-state index in [0.717, 1.165) is 234 Å². The van der Waals surface area contributed by atoms with Crippen LogP contribution in [0.4, 0.5) is 0 Å². The van der Waals surface area contributed by atoms with Gasteiger partial charge in [0.2, 0.25) is 11.8 Å². The van der Waals surface area contributed by atoms with Crippen LogP contribution in [-0.2, 0) is 112 Å². The van der Waals surface area contributed by atoms with E-state index in [2.05, 4.69) is 94.2 Å². The SMILES string of the molecule is C.C.C.C.C.C.COC(=O)C1CC[C@H]2[C@H](C)C3(CC[C@]2(C)C1=O)OCCO3.COc1nc(C2CC2)nc2c1CC[C@H]1[C@H](C)C(=O)/C(=C\O)C[C@]21C.COc1nc(C2CC2)nc2c1CC[C@H]1[C@H](C)C(=O)CC[C@]21C.C[C@@H]1C(=O)CC[C@]2(C)c3nc(C4CC4)[nH]c(=O)c3CC[C@@H]12.C[C@@H]1C(=O)CC[C@]2(C)c3nc(C4CC4)nc(Cl)c3CC[C@@H]12.C[C@H]1[C@@H]2CCc3c(nc(C4CC4)[nH]c3=O)[C@@]2(C)CCC12OCCO2. The van der Waals surface area contributed by atoms with Gasteiger partial charge >= 0.3 is 5.97 Å². The van der Waals surface area contributed by atoms with Gasteiger partial charge in [0.05, 0.1) is 82.5 Å². The van der Waals surface area contributed by atoms with Crippen molar-refractivity contribution in [3.63, 3.8) is 0 Å². The maximum absolute atomic E-state index is 12.8. The fourth-order valence-corrected chi connectivity index (χ4v) is 28.8. The van der Waals surface area contributed by atoms with Crippen LogP contribution in [-0.4, -0.2) is 149 Å². The molecule has 19 atom stereocenters. The molecule has 0 radical (unpaired) electrons. The Morgan fingerprint density at radius 3 is 1.09 bits per heavy atom. The average molecular weight is 1940 g/mol. The van der Waals surface area contributed by atoms with Crippen molar-refractivity contribution in [2.45, 2.75) is 408 Å². The summed E-state index contributed by atoms with van der Waals surface area (Å²) in [6, 6.07) is 0. The quantitative estimate of drug-likeness (QED) is 0.0427.